The van der Waals surface area contributed by atoms with Crippen LogP contribution < -0.4 is 0 Å². The lowest BCUT2D eigenvalue weighted by atomic mass is 10.2. The van der Waals surface area contributed by atoms with E-state index in [1.54, 1.807) is 11.3 Å². The number of halogens is 2. The van der Waals surface area contributed by atoms with Gasteiger partial charge in [0, 0.05) is 10.4 Å². The minimum absolute atomic E-state index is 0.457. The fourth-order valence-corrected chi connectivity index (χ4v) is 2.99. The molecule has 0 spiro atoms. The van der Waals surface area contributed by atoms with Crippen molar-refractivity contribution in [3.05, 3.63) is 46.6 Å². The highest BCUT2D eigenvalue weighted by atomic mass is 35.5. The first-order valence-corrected chi connectivity index (χ1v) is 6.84. The molecule has 2 nitrogen and oxygen atoms in total. The van der Waals surface area contributed by atoms with Crippen molar-refractivity contribution in [2.24, 2.45) is 0 Å². The van der Waals surface area contributed by atoms with Crippen molar-refractivity contribution in [2.75, 3.05) is 0 Å². The molecule has 0 aliphatic heterocycles. The monoisotopic (exact) mass is 282 g/mol. The zero-order chi connectivity index (χ0) is 11.8. The second kappa shape index (κ2) is 4.33. The van der Waals surface area contributed by atoms with Gasteiger partial charge in [-0.3, -0.25) is 4.40 Å². The third-order valence-electron chi connectivity index (χ3n) is 2.60. The van der Waals surface area contributed by atoms with E-state index in [9.17, 15) is 0 Å². The van der Waals surface area contributed by atoms with Gasteiger partial charge in [-0.15, -0.1) is 22.9 Å². The lowest BCUT2D eigenvalue weighted by molar-refractivity contribution is 1.12. The Morgan fingerprint density at radius 2 is 2.00 bits per heavy atom. The Kier molecular flexibility index (Phi) is 2.82. The first-order chi connectivity index (χ1) is 8.29. The van der Waals surface area contributed by atoms with Gasteiger partial charge >= 0.3 is 0 Å². The molecule has 0 aliphatic carbocycles. The molecule has 0 amide bonds. The highest BCUT2D eigenvalue weighted by Gasteiger charge is 2.10. The van der Waals surface area contributed by atoms with Crippen LogP contribution in [0.15, 0.2) is 35.8 Å². The van der Waals surface area contributed by atoms with E-state index >= 15 is 0 Å². The van der Waals surface area contributed by atoms with E-state index in [0.717, 1.165) is 26.9 Å². The summed E-state index contributed by atoms with van der Waals surface area (Å²) < 4.78 is 2.08. The highest BCUT2D eigenvalue weighted by molar-refractivity contribution is 7.15. The number of alkyl halides is 1. The van der Waals surface area contributed by atoms with Crippen LogP contribution in [0.4, 0.5) is 0 Å². The smallest absolute Gasteiger partial charge is 0.194 e. The quantitative estimate of drug-likeness (QED) is 0.635. The number of fused-ring (bicyclic) bond motifs is 1. The summed E-state index contributed by atoms with van der Waals surface area (Å²) in [6.07, 6.45) is 1.82. The van der Waals surface area contributed by atoms with Gasteiger partial charge in [0.25, 0.3) is 0 Å². The number of hydrogen-bond acceptors (Lipinski definition) is 2. The Hall–Kier alpha value is -1.03. The molecular weight excluding hydrogens is 275 g/mol. The molecular formula is C12H8Cl2N2S. The molecule has 86 valence electrons. The average molecular weight is 283 g/mol. The van der Waals surface area contributed by atoms with Crippen LogP contribution >= 0.6 is 34.5 Å². The number of thiazole rings is 1. The van der Waals surface area contributed by atoms with E-state index in [4.69, 9.17) is 23.2 Å². The molecule has 0 radical (unpaired) electrons. The third-order valence-corrected chi connectivity index (χ3v) is 3.96. The van der Waals surface area contributed by atoms with Gasteiger partial charge in [-0.1, -0.05) is 23.7 Å². The molecule has 0 aliphatic rings. The molecule has 17 heavy (non-hydrogen) atoms. The Bertz CT molecular complexity index is 655. The van der Waals surface area contributed by atoms with Crippen LogP contribution in [0.25, 0.3) is 16.2 Å². The van der Waals surface area contributed by atoms with Crippen molar-refractivity contribution >= 4 is 39.5 Å². The molecule has 3 aromatic rings. The van der Waals surface area contributed by atoms with Crippen molar-refractivity contribution < 1.29 is 0 Å². The molecule has 0 N–H and O–H groups in total. The topological polar surface area (TPSA) is 17.3 Å². The lowest BCUT2D eigenvalue weighted by Crippen LogP contribution is -1.90. The van der Waals surface area contributed by atoms with Gasteiger partial charge in [0.2, 0.25) is 0 Å². The third kappa shape index (κ3) is 1.84. The maximum atomic E-state index is 5.91. The second-order valence-corrected chi connectivity index (χ2v) is 5.17. The van der Waals surface area contributed by atoms with Crippen molar-refractivity contribution in [3.63, 3.8) is 0 Å². The number of hydrogen-bond donors (Lipinski definition) is 0. The fraction of sp³-hybridized carbons (Fsp3) is 0.0833. The van der Waals surface area contributed by atoms with E-state index in [1.807, 2.05) is 30.5 Å². The van der Waals surface area contributed by atoms with Crippen molar-refractivity contribution in [3.8, 4) is 11.3 Å². The summed E-state index contributed by atoms with van der Waals surface area (Å²) >= 11 is 13.4. The maximum absolute atomic E-state index is 5.91. The Morgan fingerprint density at radius 3 is 2.71 bits per heavy atom. The van der Waals surface area contributed by atoms with Crippen LogP contribution in [-0.4, -0.2) is 9.38 Å². The van der Waals surface area contributed by atoms with Gasteiger partial charge in [-0.25, -0.2) is 4.98 Å². The Balaban J connectivity index is 2.22. The van der Waals surface area contributed by atoms with Crippen LogP contribution in [-0.2, 0) is 5.88 Å². The van der Waals surface area contributed by atoms with Gasteiger partial charge < -0.3 is 0 Å². The molecule has 0 saturated carbocycles. The molecule has 3 rings (SSSR count). The SMILES string of the molecule is ClCc1cnc2scc(-c3ccc(Cl)cc3)n12. The van der Waals surface area contributed by atoms with E-state index < -0.39 is 0 Å². The predicted molar refractivity (Wildman–Crippen MR) is 73.1 cm³/mol. The fourth-order valence-electron chi connectivity index (χ4n) is 1.78. The summed E-state index contributed by atoms with van der Waals surface area (Å²) in [5.41, 5.74) is 3.23. The molecule has 0 unspecified atom stereocenters. The Labute approximate surface area is 112 Å². The number of aromatic nitrogens is 2. The zero-order valence-corrected chi connectivity index (χ0v) is 11.1. The van der Waals surface area contributed by atoms with Crippen LogP contribution in [0.2, 0.25) is 5.02 Å². The molecule has 0 saturated heterocycles. The van der Waals surface area contributed by atoms with Crippen LogP contribution in [0.5, 0.6) is 0 Å². The van der Waals surface area contributed by atoms with Gasteiger partial charge in [0.05, 0.1) is 23.5 Å². The predicted octanol–water partition coefficient (Wildman–Crippen LogP) is 4.46. The summed E-state index contributed by atoms with van der Waals surface area (Å²) in [5, 5.41) is 2.82. The number of rotatable bonds is 2. The molecule has 5 heteroatoms. The van der Waals surface area contributed by atoms with E-state index in [0.29, 0.717) is 5.88 Å². The summed E-state index contributed by atoms with van der Waals surface area (Å²) in [5.74, 6) is 0.457. The van der Waals surface area contributed by atoms with Crippen LogP contribution in [0, 0.1) is 0 Å². The van der Waals surface area contributed by atoms with E-state index in [2.05, 4.69) is 14.8 Å². The highest BCUT2D eigenvalue weighted by Crippen LogP contribution is 2.28. The minimum Gasteiger partial charge on any atom is -0.286 e. The second-order valence-electron chi connectivity index (χ2n) is 3.63. The molecule has 1 aromatic carbocycles. The Morgan fingerprint density at radius 1 is 1.24 bits per heavy atom. The number of nitrogens with zero attached hydrogens (tertiary/aromatic N) is 2. The lowest BCUT2D eigenvalue weighted by Gasteiger charge is -2.02. The van der Waals surface area contributed by atoms with Crippen molar-refractivity contribution in [2.45, 2.75) is 5.88 Å². The first kappa shape index (κ1) is 11.1. The van der Waals surface area contributed by atoms with Gasteiger partial charge in [-0.2, -0.15) is 0 Å². The summed E-state index contributed by atoms with van der Waals surface area (Å²) in [6.45, 7) is 0. The van der Waals surface area contributed by atoms with Gasteiger partial charge in [-0.05, 0) is 17.7 Å². The minimum atomic E-state index is 0.457. The van der Waals surface area contributed by atoms with Crippen molar-refractivity contribution in [1.29, 1.82) is 0 Å². The molecule has 2 aromatic heterocycles. The molecule has 0 fully saturated rings. The van der Waals surface area contributed by atoms with E-state index in [1.165, 1.54) is 0 Å². The number of imidazole rings is 1. The average Bonchev–Trinajstić information content (AvgIpc) is 2.91. The molecule has 0 atom stereocenters. The summed E-state index contributed by atoms with van der Waals surface area (Å²) in [4.78, 5) is 5.29. The zero-order valence-electron chi connectivity index (χ0n) is 8.73. The normalized spacial score (nSPS) is 11.2. The van der Waals surface area contributed by atoms with Crippen molar-refractivity contribution in [1.82, 2.24) is 9.38 Å². The van der Waals surface area contributed by atoms with Crippen LogP contribution in [0.1, 0.15) is 5.69 Å². The standard InChI is InChI=1S/C12H8Cl2N2S/c13-5-10-6-15-12-16(10)11(7-17-12)8-1-3-9(14)4-2-8/h1-4,6-7H,5H2. The van der Waals surface area contributed by atoms with Gasteiger partial charge in [0.15, 0.2) is 4.96 Å². The maximum Gasteiger partial charge on any atom is 0.194 e. The summed E-state index contributed by atoms with van der Waals surface area (Å²) in [6, 6.07) is 7.78. The molecule has 0 bridgehead atoms. The summed E-state index contributed by atoms with van der Waals surface area (Å²) in [7, 11) is 0. The molecule has 2 heterocycles. The first-order valence-electron chi connectivity index (χ1n) is 5.05. The number of benzene rings is 1. The van der Waals surface area contributed by atoms with Crippen LogP contribution in [0.3, 0.4) is 0 Å². The van der Waals surface area contributed by atoms with E-state index in [-0.39, 0.29) is 0 Å². The van der Waals surface area contributed by atoms with Gasteiger partial charge in [0.1, 0.15) is 0 Å². The largest absolute Gasteiger partial charge is 0.286 e.